The maximum absolute atomic E-state index is 12.9. The molecule has 0 unspecified atom stereocenters. The molecule has 3 aromatic rings. The van der Waals surface area contributed by atoms with Crippen LogP contribution in [0.4, 0.5) is 5.69 Å². The summed E-state index contributed by atoms with van der Waals surface area (Å²) in [6.45, 7) is 0. The van der Waals surface area contributed by atoms with E-state index in [9.17, 15) is 18.0 Å². The highest BCUT2D eigenvalue weighted by Crippen LogP contribution is 2.22. The van der Waals surface area contributed by atoms with E-state index in [1.54, 1.807) is 42.5 Å². The van der Waals surface area contributed by atoms with Crippen LogP contribution >= 0.6 is 11.6 Å². The molecule has 3 aromatic carbocycles. The fourth-order valence-electron chi connectivity index (χ4n) is 2.59. The first-order chi connectivity index (χ1) is 14.3. The van der Waals surface area contributed by atoms with Crippen molar-refractivity contribution in [2.45, 2.75) is 4.90 Å². The monoisotopic (exact) mass is 443 g/mol. The minimum absolute atomic E-state index is 0.0504. The van der Waals surface area contributed by atoms with Crippen LogP contribution in [-0.4, -0.2) is 27.3 Å². The van der Waals surface area contributed by atoms with Gasteiger partial charge in [0.2, 0.25) is 0 Å². The Morgan fingerprint density at radius 3 is 2.03 bits per heavy atom. The number of hydrogen-bond acceptors (Lipinski definition) is 4. The smallest absolute Gasteiger partial charge is 0.269 e. The van der Waals surface area contributed by atoms with E-state index in [-0.39, 0.29) is 10.5 Å². The Hall–Kier alpha value is -3.36. The molecule has 0 fully saturated rings. The molecule has 0 heterocycles. The molecule has 0 radical (unpaired) electrons. The summed E-state index contributed by atoms with van der Waals surface area (Å²) in [6, 6.07) is 20.3. The van der Waals surface area contributed by atoms with E-state index < -0.39 is 21.8 Å². The molecule has 2 N–H and O–H groups in total. The minimum Gasteiger partial charge on any atom is -0.269 e. The van der Waals surface area contributed by atoms with Crippen LogP contribution in [0.5, 0.6) is 0 Å². The van der Waals surface area contributed by atoms with Gasteiger partial charge in [0.15, 0.2) is 0 Å². The number of halogens is 1. The molecule has 0 saturated heterocycles. The van der Waals surface area contributed by atoms with Gasteiger partial charge in [0.05, 0.1) is 10.6 Å². The average Bonchev–Trinajstić information content (AvgIpc) is 2.77. The van der Waals surface area contributed by atoms with Crippen molar-refractivity contribution in [3.05, 3.63) is 95.0 Å². The normalized spacial score (nSPS) is 10.9. The zero-order chi connectivity index (χ0) is 21.7. The van der Waals surface area contributed by atoms with Gasteiger partial charge >= 0.3 is 0 Å². The summed E-state index contributed by atoms with van der Waals surface area (Å²) in [7, 11) is -2.44. The third-order valence-electron chi connectivity index (χ3n) is 4.27. The number of nitrogens with one attached hydrogen (secondary N) is 2. The van der Waals surface area contributed by atoms with Crippen molar-refractivity contribution in [2.75, 3.05) is 11.4 Å². The van der Waals surface area contributed by atoms with Crippen molar-refractivity contribution in [2.24, 2.45) is 0 Å². The molecule has 0 saturated carbocycles. The first-order valence-corrected chi connectivity index (χ1v) is 10.6. The van der Waals surface area contributed by atoms with Gasteiger partial charge in [0.25, 0.3) is 21.8 Å². The molecule has 0 aliphatic carbocycles. The average molecular weight is 444 g/mol. The second-order valence-corrected chi connectivity index (χ2v) is 8.66. The Labute approximate surface area is 179 Å². The van der Waals surface area contributed by atoms with Crippen molar-refractivity contribution in [1.82, 2.24) is 10.9 Å². The Balaban J connectivity index is 1.73. The maximum Gasteiger partial charge on any atom is 0.269 e. The zero-order valence-electron chi connectivity index (χ0n) is 15.9. The molecule has 3 rings (SSSR count). The molecule has 2 amide bonds. The summed E-state index contributed by atoms with van der Waals surface area (Å²) in [5.41, 5.74) is 5.43. The lowest BCUT2D eigenvalue weighted by Gasteiger charge is -2.19. The largest absolute Gasteiger partial charge is 0.269 e. The van der Waals surface area contributed by atoms with E-state index in [1.165, 1.54) is 43.4 Å². The van der Waals surface area contributed by atoms with Crippen LogP contribution in [0.1, 0.15) is 20.7 Å². The second kappa shape index (κ2) is 8.98. The van der Waals surface area contributed by atoms with E-state index >= 15 is 0 Å². The molecule has 0 bridgehead atoms. The van der Waals surface area contributed by atoms with Crippen LogP contribution in [0.2, 0.25) is 5.02 Å². The number of amides is 2. The number of nitrogens with zero attached hydrogens (tertiary/aromatic N) is 1. The number of carbonyl (C=O) groups excluding carboxylic acids is 2. The maximum atomic E-state index is 12.9. The molecule has 154 valence electrons. The van der Waals surface area contributed by atoms with Gasteiger partial charge in [-0.25, -0.2) is 8.42 Å². The fourth-order valence-corrected chi connectivity index (χ4v) is 3.96. The number of sulfonamides is 1. The van der Waals surface area contributed by atoms with E-state index in [2.05, 4.69) is 10.9 Å². The van der Waals surface area contributed by atoms with Crippen molar-refractivity contribution in [3.63, 3.8) is 0 Å². The van der Waals surface area contributed by atoms with Crippen molar-refractivity contribution < 1.29 is 18.0 Å². The quantitative estimate of drug-likeness (QED) is 0.592. The molecule has 0 spiro atoms. The van der Waals surface area contributed by atoms with Gasteiger partial charge in [-0.15, -0.1) is 0 Å². The molecule has 30 heavy (non-hydrogen) atoms. The molecule has 0 aromatic heterocycles. The summed E-state index contributed by atoms with van der Waals surface area (Å²) in [4.78, 5) is 24.4. The Morgan fingerprint density at radius 1 is 0.800 bits per heavy atom. The molecule has 0 aliphatic rings. The number of para-hydroxylation sites is 1. The van der Waals surface area contributed by atoms with Gasteiger partial charge in [-0.1, -0.05) is 35.9 Å². The van der Waals surface area contributed by atoms with Crippen LogP contribution < -0.4 is 15.2 Å². The lowest BCUT2D eigenvalue weighted by Crippen LogP contribution is -2.41. The van der Waals surface area contributed by atoms with Gasteiger partial charge in [0.1, 0.15) is 0 Å². The Kier molecular flexibility index (Phi) is 6.39. The van der Waals surface area contributed by atoms with Gasteiger partial charge < -0.3 is 0 Å². The first-order valence-electron chi connectivity index (χ1n) is 8.79. The van der Waals surface area contributed by atoms with E-state index in [1.807, 2.05) is 0 Å². The van der Waals surface area contributed by atoms with Crippen LogP contribution in [0.15, 0.2) is 83.8 Å². The number of rotatable bonds is 5. The van der Waals surface area contributed by atoms with E-state index in [4.69, 9.17) is 11.6 Å². The zero-order valence-corrected chi connectivity index (χ0v) is 17.4. The summed E-state index contributed by atoms with van der Waals surface area (Å²) in [6.07, 6.45) is 0. The standard InChI is InChI=1S/C21H18ClN3O4S/c1-25(18-7-3-2-4-8-18)30(28,29)19-9-5-6-16(14-19)21(27)24-23-20(26)15-10-12-17(22)13-11-15/h2-14H,1H3,(H,23,26)(H,24,27). The molecule has 0 aliphatic heterocycles. The Bertz CT molecular complexity index is 1170. The number of benzene rings is 3. The van der Waals surface area contributed by atoms with Gasteiger partial charge in [-0.05, 0) is 54.6 Å². The summed E-state index contributed by atoms with van der Waals surface area (Å²) in [5.74, 6) is -1.19. The minimum atomic E-state index is -3.87. The predicted molar refractivity (Wildman–Crippen MR) is 115 cm³/mol. The third kappa shape index (κ3) is 4.79. The topological polar surface area (TPSA) is 95.6 Å². The molecular weight excluding hydrogens is 426 g/mol. The summed E-state index contributed by atoms with van der Waals surface area (Å²) in [5, 5.41) is 0.481. The van der Waals surface area contributed by atoms with Gasteiger partial charge in [-0.3, -0.25) is 24.7 Å². The van der Waals surface area contributed by atoms with Crippen LogP contribution in [0.3, 0.4) is 0 Å². The molecule has 0 atom stereocenters. The third-order valence-corrected chi connectivity index (χ3v) is 6.30. The molecule has 9 heteroatoms. The van der Waals surface area contributed by atoms with E-state index in [0.29, 0.717) is 16.3 Å². The fraction of sp³-hybridized carbons (Fsp3) is 0.0476. The molecular formula is C21H18ClN3O4S. The summed E-state index contributed by atoms with van der Waals surface area (Å²) < 4.78 is 26.9. The number of carbonyl (C=O) groups is 2. The second-order valence-electron chi connectivity index (χ2n) is 6.25. The highest BCUT2D eigenvalue weighted by Gasteiger charge is 2.22. The first kappa shape index (κ1) is 21.4. The van der Waals surface area contributed by atoms with Crippen LogP contribution in [0.25, 0.3) is 0 Å². The lowest BCUT2D eigenvalue weighted by atomic mass is 10.2. The highest BCUT2D eigenvalue weighted by atomic mass is 35.5. The highest BCUT2D eigenvalue weighted by molar-refractivity contribution is 7.92. The van der Waals surface area contributed by atoms with Gasteiger partial charge in [0, 0.05) is 23.2 Å². The van der Waals surface area contributed by atoms with Crippen LogP contribution in [-0.2, 0) is 10.0 Å². The Morgan fingerprint density at radius 2 is 1.40 bits per heavy atom. The van der Waals surface area contributed by atoms with Crippen molar-refractivity contribution in [3.8, 4) is 0 Å². The van der Waals surface area contributed by atoms with E-state index in [0.717, 1.165) is 4.31 Å². The number of hydrazine groups is 1. The lowest BCUT2D eigenvalue weighted by molar-refractivity contribution is 0.0846. The summed E-state index contributed by atoms with van der Waals surface area (Å²) >= 11 is 5.78. The number of hydrogen-bond donors (Lipinski definition) is 2. The predicted octanol–water partition coefficient (Wildman–Crippen LogP) is 3.24. The van der Waals surface area contributed by atoms with Crippen LogP contribution in [0, 0.1) is 0 Å². The van der Waals surface area contributed by atoms with Crippen molar-refractivity contribution >= 4 is 39.1 Å². The van der Waals surface area contributed by atoms with Gasteiger partial charge in [-0.2, -0.15) is 0 Å². The van der Waals surface area contributed by atoms with Crippen molar-refractivity contribution in [1.29, 1.82) is 0 Å². The molecule has 7 nitrogen and oxygen atoms in total. The SMILES string of the molecule is CN(c1ccccc1)S(=O)(=O)c1cccc(C(=O)NNC(=O)c2ccc(Cl)cc2)c1. The number of anilines is 1.